The van der Waals surface area contributed by atoms with Crippen LogP contribution in [0.25, 0.3) is 0 Å². The number of benzene rings is 1. The zero-order chi connectivity index (χ0) is 13.9. The molecule has 2 saturated heterocycles. The smallest absolute Gasteiger partial charge is 0.254 e. The standard InChI is InChI=1S/C16H21FN2O/c17-14-6-3-5-13(11-14)16(20)19-10-4-7-15(19)12-18-8-1-2-9-18/h3,5-6,11,15H,1-2,4,7-10,12H2. The molecule has 1 aromatic carbocycles. The average molecular weight is 276 g/mol. The van der Waals surface area contributed by atoms with Crippen molar-refractivity contribution in [3.63, 3.8) is 0 Å². The van der Waals surface area contributed by atoms with Crippen molar-refractivity contribution in [3.05, 3.63) is 35.6 Å². The van der Waals surface area contributed by atoms with Crippen LogP contribution in [0.4, 0.5) is 4.39 Å². The molecule has 2 heterocycles. The van der Waals surface area contributed by atoms with Gasteiger partial charge in [0, 0.05) is 24.7 Å². The Morgan fingerprint density at radius 1 is 1.20 bits per heavy atom. The van der Waals surface area contributed by atoms with Crippen LogP contribution in [0.1, 0.15) is 36.0 Å². The van der Waals surface area contributed by atoms with Gasteiger partial charge in [0.05, 0.1) is 0 Å². The minimum atomic E-state index is -0.342. The highest BCUT2D eigenvalue weighted by Crippen LogP contribution is 2.22. The van der Waals surface area contributed by atoms with E-state index in [0.29, 0.717) is 11.6 Å². The summed E-state index contributed by atoms with van der Waals surface area (Å²) in [5.41, 5.74) is 0.471. The topological polar surface area (TPSA) is 23.6 Å². The van der Waals surface area contributed by atoms with Crippen LogP contribution in [-0.4, -0.2) is 47.9 Å². The van der Waals surface area contributed by atoms with Gasteiger partial charge in [-0.2, -0.15) is 0 Å². The van der Waals surface area contributed by atoms with Crippen molar-refractivity contribution < 1.29 is 9.18 Å². The lowest BCUT2D eigenvalue weighted by Crippen LogP contribution is -2.42. The molecule has 2 fully saturated rings. The van der Waals surface area contributed by atoms with Gasteiger partial charge in [0.1, 0.15) is 5.82 Å². The number of likely N-dealkylation sites (tertiary alicyclic amines) is 2. The quantitative estimate of drug-likeness (QED) is 0.847. The van der Waals surface area contributed by atoms with Crippen LogP contribution in [0.15, 0.2) is 24.3 Å². The Kier molecular flexibility index (Phi) is 4.01. The van der Waals surface area contributed by atoms with E-state index in [-0.39, 0.29) is 11.7 Å². The highest BCUT2D eigenvalue weighted by atomic mass is 19.1. The summed E-state index contributed by atoms with van der Waals surface area (Å²) in [5, 5.41) is 0. The summed E-state index contributed by atoms with van der Waals surface area (Å²) in [5.74, 6) is -0.364. The van der Waals surface area contributed by atoms with E-state index in [1.807, 2.05) is 4.90 Å². The molecule has 1 amide bonds. The summed E-state index contributed by atoms with van der Waals surface area (Å²) in [4.78, 5) is 16.9. The first kappa shape index (κ1) is 13.6. The maximum absolute atomic E-state index is 13.3. The van der Waals surface area contributed by atoms with Gasteiger partial charge in [-0.3, -0.25) is 4.79 Å². The predicted octanol–water partition coefficient (Wildman–Crippen LogP) is 2.53. The monoisotopic (exact) mass is 276 g/mol. The Morgan fingerprint density at radius 2 is 2.00 bits per heavy atom. The normalized spacial score (nSPS) is 23.4. The highest BCUT2D eigenvalue weighted by molar-refractivity contribution is 5.94. The molecule has 0 spiro atoms. The maximum atomic E-state index is 13.3. The zero-order valence-corrected chi connectivity index (χ0v) is 11.7. The molecule has 4 heteroatoms. The van der Waals surface area contributed by atoms with E-state index in [9.17, 15) is 9.18 Å². The van der Waals surface area contributed by atoms with Crippen LogP contribution in [0.5, 0.6) is 0 Å². The van der Waals surface area contributed by atoms with E-state index in [0.717, 1.165) is 39.0 Å². The number of hydrogen-bond acceptors (Lipinski definition) is 2. The van der Waals surface area contributed by atoms with Crippen molar-refractivity contribution >= 4 is 5.91 Å². The largest absolute Gasteiger partial charge is 0.334 e. The first-order chi connectivity index (χ1) is 9.74. The van der Waals surface area contributed by atoms with E-state index in [4.69, 9.17) is 0 Å². The minimum Gasteiger partial charge on any atom is -0.334 e. The molecule has 0 aliphatic carbocycles. The molecule has 1 unspecified atom stereocenters. The van der Waals surface area contributed by atoms with Gasteiger partial charge in [0.25, 0.3) is 5.91 Å². The molecule has 0 bridgehead atoms. The Labute approximate surface area is 119 Å². The van der Waals surface area contributed by atoms with Crippen molar-refractivity contribution in [2.75, 3.05) is 26.2 Å². The second-order valence-electron chi connectivity index (χ2n) is 5.81. The molecule has 0 saturated carbocycles. The van der Waals surface area contributed by atoms with Crippen molar-refractivity contribution in [3.8, 4) is 0 Å². The van der Waals surface area contributed by atoms with E-state index in [1.54, 1.807) is 12.1 Å². The first-order valence-corrected chi connectivity index (χ1v) is 7.53. The van der Waals surface area contributed by atoms with Gasteiger partial charge in [-0.25, -0.2) is 4.39 Å². The Bertz CT molecular complexity index is 485. The van der Waals surface area contributed by atoms with E-state index >= 15 is 0 Å². The number of carbonyl (C=O) groups is 1. The molecule has 0 aromatic heterocycles. The summed E-state index contributed by atoms with van der Waals surface area (Å²) in [7, 11) is 0. The lowest BCUT2D eigenvalue weighted by Gasteiger charge is -2.28. The third kappa shape index (κ3) is 2.85. The molecule has 2 aliphatic rings. The van der Waals surface area contributed by atoms with Crippen LogP contribution in [-0.2, 0) is 0 Å². The second kappa shape index (κ2) is 5.92. The van der Waals surface area contributed by atoms with Crippen LogP contribution < -0.4 is 0 Å². The number of carbonyl (C=O) groups excluding carboxylic acids is 1. The Hall–Kier alpha value is -1.42. The molecule has 1 aromatic rings. The summed E-state index contributed by atoms with van der Waals surface area (Å²) in [6, 6.07) is 6.32. The van der Waals surface area contributed by atoms with Crippen molar-refractivity contribution in [1.29, 1.82) is 0 Å². The summed E-state index contributed by atoms with van der Waals surface area (Å²) >= 11 is 0. The molecular weight excluding hydrogens is 255 g/mol. The fourth-order valence-corrected chi connectivity index (χ4v) is 3.34. The fraction of sp³-hybridized carbons (Fsp3) is 0.562. The van der Waals surface area contributed by atoms with Gasteiger partial charge >= 0.3 is 0 Å². The van der Waals surface area contributed by atoms with E-state index < -0.39 is 0 Å². The number of halogens is 1. The van der Waals surface area contributed by atoms with Gasteiger partial charge in [-0.15, -0.1) is 0 Å². The predicted molar refractivity (Wildman–Crippen MR) is 76.1 cm³/mol. The number of hydrogen-bond donors (Lipinski definition) is 0. The van der Waals surface area contributed by atoms with Crippen LogP contribution in [0.3, 0.4) is 0 Å². The van der Waals surface area contributed by atoms with E-state index in [1.165, 1.54) is 25.0 Å². The molecule has 108 valence electrons. The summed E-state index contributed by atoms with van der Waals surface area (Å²) < 4.78 is 13.3. The molecule has 2 aliphatic heterocycles. The number of amides is 1. The van der Waals surface area contributed by atoms with Crippen molar-refractivity contribution in [2.45, 2.75) is 31.7 Å². The molecule has 20 heavy (non-hydrogen) atoms. The molecule has 0 radical (unpaired) electrons. The zero-order valence-electron chi connectivity index (χ0n) is 11.7. The lowest BCUT2D eigenvalue weighted by molar-refractivity contribution is 0.0708. The van der Waals surface area contributed by atoms with E-state index in [2.05, 4.69) is 4.90 Å². The number of rotatable bonds is 3. The summed E-state index contributed by atoms with van der Waals surface area (Å²) in [6.45, 7) is 4.08. The van der Waals surface area contributed by atoms with Gasteiger partial charge in [0.2, 0.25) is 0 Å². The highest BCUT2D eigenvalue weighted by Gasteiger charge is 2.31. The summed E-state index contributed by atoms with van der Waals surface area (Å²) in [6.07, 6.45) is 4.66. The van der Waals surface area contributed by atoms with Crippen LogP contribution in [0, 0.1) is 5.82 Å². The SMILES string of the molecule is O=C(c1cccc(F)c1)N1CCCC1CN1CCCC1. The van der Waals surface area contributed by atoms with Crippen molar-refractivity contribution in [2.24, 2.45) is 0 Å². The lowest BCUT2D eigenvalue weighted by atomic mass is 10.1. The fourth-order valence-electron chi connectivity index (χ4n) is 3.34. The first-order valence-electron chi connectivity index (χ1n) is 7.53. The van der Waals surface area contributed by atoms with Gasteiger partial charge in [-0.1, -0.05) is 6.07 Å². The third-order valence-electron chi connectivity index (χ3n) is 4.38. The molecular formula is C16H21FN2O. The second-order valence-corrected chi connectivity index (χ2v) is 5.81. The third-order valence-corrected chi connectivity index (χ3v) is 4.38. The molecule has 3 rings (SSSR count). The van der Waals surface area contributed by atoms with Gasteiger partial charge in [0.15, 0.2) is 0 Å². The number of nitrogens with zero attached hydrogens (tertiary/aromatic N) is 2. The van der Waals surface area contributed by atoms with Gasteiger partial charge < -0.3 is 9.80 Å². The average Bonchev–Trinajstić information content (AvgIpc) is 3.10. The van der Waals surface area contributed by atoms with Crippen molar-refractivity contribution in [1.82, 2.24) is 9.80 Å². The minimum absolute atomic E-state index is 0.0220. The molecule has 1 atom stereocenters. The Morgan fingerprint density at radius 3 is 2.75 bits per heavy atom. The van der Waals surface area contributed by atoms with Crippen LogP contribution in [0.2, 0.25) is 0 Å². The maximum Gasteiger partial charge on any atom is 0.254 e. The molecule has 3 nitrogen and oxygen atoms in total. The van der Waals surface area contributed by atoms with Gasteiger partial charge in [-0.05, 0) is 57.0 Å². The molecule has 0 N–H and O–H groups in total. The van der Waals surface area contributed by atoms with Crippen LogP contribution >= 0.6 is 0 Å². The Balaban J connectivity index is 1.69.